The maximum atomic E-state index is 13.1. The highest BCUT2D eigenvalue weighted by molar-refractivity contribution is 5.94. The van der Waals surface area contributed by atoms with Gasteiger partial charge < -0.3 is 10.4 Å². The van der Waals surface area contributed by atoms with E-state index in [2.05, 4.69) is 19.2 Å². The van der Waals surface area contributed by atoms with Gasteiger partial charge in [-0.3, -0.25) is 0 Å². The van der Waals surface area contributed by atoms with Crippen LogP contribution in [0.3, 0.4) is 0 Å². The number of carbonyl (C=O) groups is 1. The first kappa shape index (κ1) is 13.8. The fourth-order valence-corrected chi connectivity index (χ4v) is 2.58. The lowest BCUT2D eigenvalue weighted by Crippen LogP contribution is -2.30. The molecule has 0 heterocycles. The van der Waals surface area contributed by atoms with Crippen molar-refractivity contribution in [3.05, 3.63) is 29.6 Å². The van der Waals surface area contributed by atoms with E-state index in [4.69, 9.17) is 5.11 Å². The van der Waals surface area contributed by atoms with E-state index in [-0.39, 0.29) is 11.6 Å². The van der Waals surface area contributed by atoms with Gasteiger partial charge in [0.05, 0.1) is 5.56 Å². The van der Waals surface area contributed by atoms with Gasteiger partial charge in [0.1, 0.15) is 5.82 Å². The van der Waals surface area contributed by atoms with E-state index in [9.17, 15) is 9.18 Å². The summed E-state index contributed by atoms with van der Waals surface area (Å²) in [5.41, 5.74) is 0.889. The highest BCUT2D eigenvalue weighted by Crippen LogP contribution is 2.36. The molecule has 0 unspecified atom stereocenters. The predicted molar refractivity (Wildman–Crippen MR) is 73.0 cm³/mol. The molecule has 2 N–H and O–H groups in total. The van der Waals surface area contributed by atoms with E-state index in [0.29, 0.717) is 11.1 Å². The molecular formula is C15H20FNO2. The van der Waals surface area contributed by atoms with Crippen LogP contribution in [0.25, 0.3) is 0 Å². The second-order valence-corrected chi connectivity index (χ2v) is 6.08. The summed E-state index contributed by atoms with van der Waals surface area (Å²) in [6, 6.07) is 4.15. The lowest BCUT2D eigenvalue weighted by molar-refractivity contribution is 0.0697. The van der Waals surface area contributed by atoms with Crippen LogP contribution in [-0.2, 0) is 0 Å². The van der Waals surface area contributed by atoms with Crippen molar-refractivity contribution in [2.75, 3.05) is 5.32 Å². The molecule has 1 aromatic rings. The summed E-state index contributed by atoms with van der Waals surface area (Å²) in [7, 11) is 0. The number of carboxylic acids is 1. The van der Waals surface area contributed by atoms with Gasteiger partial charge in [0, 0.05) is 11.7 Å². The number of hydrogen-bond acceptors (Lipinski definition) is 2. The summed E-state index contributed by atoms with van der Waals surface area (Å²) in [5, 5.41) is 12.3. The molecule has 0 atom stereocenters. The van der Waals surface area contributed by atoms with Crippen LogP contribution in [0.1, 0.15) is 49.9 Å². The SMILES string of the molecule is CC1(C)CCC(Nc2ccc(F)cc2C(=O)O)CC1. The van der Waals surface area contributed by atoms with Crippen molar-refractivity contribution >= 4 is 11.7 Å². The molecule has 0 amide bonds. The first-order valence-corrected chi connectivity index (χ1v) is 6.67. The molecule has 0 spiro atoms. The number of nitrogens with one attached hydrogen (secondary N) is 1. The largest absolute Gasteiger partial charge is 0.478 e. The second kappa shape index (κ2) is 5.19. The number of carboxylic acid groups (broad SMARTS) is 1. The molecule has 3 nitrogen and oxygen atoms in total. The minimum atomic E-state index is -1.10. The number of halogens is 1. The van der Waals surface area contributed by atoms with Crippen LogP contribution < -0.4 is 5.32 Å². The Balaban J connectivity index is 2.10. The zero-order valence-corrected chi connectivity index (χ0v) is 11.4. The Morgan fingerprint density at radius 3 is 2.58 bits per heavy atom. The van der Waals surface area contributed by atoms with Gasteiger partial charge in [-0.05, 0) is 49.3 Å². The molecule has 0 saturated heterocycles. The average molecular weight is 265 g/mol. The molecule has 1 fully saturated rings. The Kier molecular flexibility index (Phi) is 3.78. The van der Waals surface area contributed by atoms with Gasteiger partial charge in [0.15, 0.2) is 0 Å². The molecule has 19 heavy (non-hydrogen) atoms. The number of rotatable bonds is 3. The normalized spacial score (nSPS) is 19.1. The summed E-state index contributed by atoms with van der Waals surface area (Å²) in [5.74, 6) is -1.62. The van der Waals surface area contributed by atoms with Crippen molar-refractivity contribution in [3.8, 4) is 0 Å². The lowest BCUT2D eigenvalue weighted by Gasteiger charge is -2.35. The fraction of sp³-hybridized carbons (Fsp3) is 0.533. The molecule has 0 radical (unpaired) electrons. The highest BCUT2D eigenvalue weighted by Gasteiger charge is 2.27. The first-order chi connectivity index (χ1) is 8.87. The van der Waals surface area contributed by atoms with Gasteiger partial charge in [-0.15, -0.1) is 0 Å². The zero-order chi connectivity index (χ0) is 14.0. The van der Waals surface area contributed by atoms with E-state index >= 15 is 0 Å². The molecule has 1 aliphatic rings. The third kappa shape index (κ3) is 3.46. The van der Waals surface area contributed by atoms with E-state index in [0.717, 1.165) is 31.7 Å². The van der Waals surface area contributed by atoms with E-state index < -0.39 is 11.8 Å². The molecule has 1 saturated carbocycles. The van der Waals surface area contributed by atoms with Crippen LogP contribution in [0.4, 0.5) is 10.1 Å². The van der Waals surface area contributed by atoms with E-state index in [1.165, 1.54) is 12.1 Å². The Hall–Kier alpha value is -1.58. The topological polar surface area (TPSA) is 49.3 Å². The zero-order valence-electron chi connectivity index (χ0n) is 11.4. The lowest BCUT2D eigenvalue weighted by atomic mass is 9.75. The Morgan fingerprint density at radius 2 is 2.00 bits per heavy atom. The molecule has 0 aromatic heterocycles. The smallest absolute Gasteiger partial charge is 0.337 e. The first-order valence-electron chi connectivity index (χ1n) is 6.67. The minimum Gasteiger partial charge on any atom is -0.478 e. The van der Waals surface area contributed by atoms with Crippen molar-refractivity contribution in [3.63, 3.8) is 0 Å². The summed E-state index contributed by atoms with van der Waals surface area (Å²) >= 11 is 0. The number of aromatic carboxylic acids is 1. The van der Waals surface area contributed by atoms with Gasteiger partial charge >= 0.3 is 5.97 Å². The van der Waals surface area contributed by atoms with Crippen molar-refractivity contribution < 1.29 is 14.3 Å². The van der Waals surface area contributed by atoms with Gasteiger partial charge in [0.25, 0.3) is 0 Å². The third-order valence-corrected chi connectivity index (χ3v) is 3.91. The number of benzene rings is 1. The highest BCUT2D eigenvalue weighted by atomic mass is 19.1. The minimum absolute atomic E-state index is 0.00448. The molecule has 0 bridgehead atoms. The fourth-order valence-electron chi connectivity index (χ4n) is 2.58. The summed E-state index contributed by atoms with van der Waals surface area (Å²) < 4.78 is 13.1. The quantitative estimate of drug-likeness (QED) is 0.871. The van der Waals surface area contributed by atoms with Gasteiger partial charge in [-0.25, -0.2) is 9.18 Å². The monoisotopic (exact) mass is 265 g/mol. The Bertz CT molecular complexity index is 475. The van der Waals surface area contributed by atoms with Gasteiger partial charge in [0.2, 0.25) is 0 Å². The second-order valence-electron chi connectivity index (χ2n) is 6.08. The Labute approximate surface area is 112 Å². The van der Waals surface area contributed by atoms with Crippen molar-refractivity contribution in [2.45, 2.75) is 45.6 Å². The van der Waals surface area contributed by atoms with Crippen LogP contribution in [0.5, 0.6) is 0 Å². The van der Waals surface area contributed by atoms with E-state index in [1.54, 1.807) is 0 Å². The summed E-state index contributed by atoms with van der Waals surface area (Å²) in [6.45, 7) is 4.51. The van der Waals surface area contributed by atoms with Gasteiger partial charge in [-0.1, -0.05) is 13.8 Å². The third-order valence-electron chi connectivity index (χ3n) is 3.91. The van der Waals surface area contributed by atoms with Crippen molar-refractivity contribution in [2.24, 2.45) is 5.41 Å². The molecular weight excluding hydrogens is 245 g/mol. The summed E-state index contributed by atoms with van der Waals surface area (Å²) in [6.07, 6.45) is 4.27. The Morgan fingerprint density at radius 1 is 1.37 bits per heavy atom. The predicted octanol–water partition coefficient (Wildman–Crippen LogP) is 3.90. The molecule has 0 aliphatic heterocycles. The van der Waals surface area contributed by atoms with Crippen molar-refractivity contribution in [1.29, 1.82) is 0 Å². The van der Waals surface area contributed by atoms with Gasteiger partial charge in [-0.2, -0.15) is 0 Å². The van der Waals surface area contributed by atoms with Crippen LogP contribution in [0.2, 0.25) is 0 Å². The van der Waals surface area contributed by atoms with Crippen LogP contribution in [-0.4, -0.2) is 17.1 Å². The van der Waals surface area contributed by atoms with E-state index in [1.807, 2.05) is 0 Å². The molecule has 1 aliphatic carbocycles. The maximum Gasteiger partial charge on any atom is 0.337 e. The molecule has 2 rings (SSSR count). The molecule has 4 heteroatoms. The molecule has 1 aromatic carbocycles. The average Bonchev–Trinajstić information content (AvgIpc) is 2.33. The molecule has 104 valence electrons. The standard InChI is InChI=1S/C15H20FNO2/c1-15(2)7-5-11(6-8-15)17-13-4-3-10(16)9-12(13)14(18)19/h3-4,9,11,17H,5-8H2,1-2H3,(H,18,19). The number of hydrogen-bond donors (Lipinski definition) is 2. The van der Waals surface area contributed by atoms with Crippen LogP contribution in [0, 0.1) is 11.2 Å². The van der Waals surface area contributed by atoms with Crippen LogP contribution in [0.15, 0.2) is 18.2 Å². The van der Waals surface area contributed by atoms with Crippen LogP contribution >= 0.6 is 0 Å². The summed E-state index contributed by atoms with van der Waals surface area (Å²) in [4.78, 5) is 11.1. The number of anilines is 1. The maximum absolute atomic E-state index is 13.1. The van der Waals surface area contributed by atoms with Crippen molar-refractivity contribution in [1.82, 2.24) is 0 Å².